The number of nitrogens with zero attached hydrogens (tertiary/aromatic N) is 2. The van der Waals surface area contributed by atoms with E-state index in [2.05, 4.69) is 13.8 Å². The molecule has 0 N–H and O–H groups in total. The molecular weight excluding hydrogens is 143 g/mol. The van der Waals surface area contributed by atoms with E-state index in [0.29, 0.717) is 12.5 Å². The van der Waals surface area contributed by atoms with Crippen molar-refractivity contribution in [3.8, 4) is 6.19 Å². The molecule has 0 aliphatic rings. The summed E-state index contributed by atoms with van der Waals surface area (Å²) in [7, 11) is 0. The van der Waals surface area contributed by atoms with Crippen molar-refractivity contribution >= 4 is 0 Å². The molecule has 0 bridgehead atoms. The number of rotatable bonds is 5. The van der Waals surface area contributed by atoms with Gasteiger partial charge in [-0.15, -0.1) is 0 Å². The minimum Gasteiger partial charge on any atom is -0.308 e. The third-order valence-electron chi connectivity index (χ3n) is 1.47. The maximum absolute atomic E-state index is 11.8. The van der Waals surface area contributed by atoms with Crippen LogP contribution in [0.4, 0.5) is 4.39 Å². The van der Waals surface area contributed by atoms with Crippen LogP contribution in [0.1, 0.15) is 20.3 Å². The van der Waals surface area contributed by atoms with Crippen molar-refractivity contribution in [2.75, 3.05) is 19.8 Å². The molecule has 0 rings (SSSR count). The van der Waals surface area contributed by atoms with Gasteiger partial charge >= 0.3 is 0 Å². The first-order chi connectivity index (χ1) is 5.20. The van der Waals surface area contributed by atoms with Crippen LogP contribution in [0, 0.1) is 17.4 Å². The summed E-state index contributed by atoms with van der Waals surface area (Å²) in [6.45, 7) is 4.66. The number of hydrogen-bond donors (Lipinski definition) is 0. The number of nitriles is 1. The Morgan fingerprint density at radius 2 is 2.09 bits per heavy atom. The summed E-state index contributed by atoms with van der Waals surface area (Å²) >= 11 is 0. The molecule has 3 heteroatoms. The Kier molecular flexibility index (Phi) is 5.54. The highest BCUT2D eigenvalue weighted by Crippen LogP contribution is 2.00. The van der Waals surface area contributed by atoms with Crippen molar-refractivity contribution in [2.24, 2.45) is 5.92 Å². The normalized spacial score (nSPS) is 9.73. The van der Waals surface area contributed by atoms with E-state index >= 15 is 0 Å². The van der Waals surface area contributed by atoms with Crippen LogP contribution in [0.3, 0.4) is 0 Å². The average Bonchev–Trinajstić information content (AvgIpc) is 1.97. The molecule has 0 aromatic heterocycles. The van der Waals surface area contributed by atoms with E-state index in [1.165, 1.54) is 4.90 Å². The van der Waals surface area contributed by atoms with E-state index < -0.39 is 6.67 Å². The van der Waals surface area contributed by atoms with Crippen LogP contribution in [0.25, 0.3) is 0 Å². The lowest BCUT2D eigenvalue weighted by Gasteiger charge is -2.14. The van der Waals surface area contributed by atoms with Gasteiger partial charge in [-0.2, -0.15) is 5.26 Å². The first-order valence-electron chi connectivity index (χ1n) is 3.91. The van der Waals surface area contributed by atoms with Crippen LogP contribution in [-0.2, 0) is 0 Å². The zero-order valence-corrected chi connectivity index (χ0v) is 7.18. The molecule has 0 aromatic rings. The molecule has 0 spiro atoms. The van der Waals surface area contributed by atoms with Crippen molar-refractivity contribution in [2.45, 2.75) is 20.3 Å². The van der Waals surface area contributed by atoms with E-state index in [4.69, 9.17) is 5.26 Å². The summed E-state index contributed by atoms with van der Waals surface area (Å²) < 4.78 is 11.8. The molecule has 11 heavy (non-hydrogen) atoms. The lowest BCUT2D eigenvalue weighted by Crippen LogP contribution is -2.22. The number of hydrogen-bond acceptors (Lipinski definition) is 2. The van der Waals surface area contributed by atoms with E-state index in [9.17, 15) is 4.39 Å². The van der Waals surface area contributed by atoms with Crippen LogP contribution < -0.4 is 0 Å². The molecule has 64 valence electrons. The lowest BCUT2D eigenvalue weighted by molar-refractivity contribution is 0.318. The van der Waals surface area contributed by atoms with Crippen LogP contribution in [0.15, 0.2) is 0 Å². The molecule has 0 atom stereocenters. The molecule has 0 radical (unpaired) electrons. The predicted molar refractivity (Wildman–Crippen MR) is 42.6 cm³/mol. The molecule has 0 unspecified atom stereocenters. The highest BCUT2D eigenvalue weighted by molar-refractivity contribution is 4.73. The van der Waals surface area contributed by atoms with Gasteiger partial charge in [0.25, 0.3) is 0 Å². The molecule has 0 saturated carbocycles. The molecule has 0 saturated heterocycles. The van der Waals surface area contributed by atoms with Crippen LogP contribution in [0.2, 0.25) is 0 Å². The smallest absolute Gasteiger partial charge is 0.179 e. The second kappa shape index (κ2) is 5.96. The SMILES string of the molecule is CC(C)CCN(C#N)CCF. The zero-order chi connectivity index (χ0) is 8.69. The van der Waals surface area contributed by atoms with Crippen molar-refractivity contribution in [1.82, 2.24) is 4.90 Å². The maximum Gasteiger partial charge on any atom is 0.179 e. The standard InChI is InChI=1S/C8H15FN2/c1-8(2)3-5-11(7-10)6-4-9/h8H,3-6H2,1-2H3. The summed E-state index contributed by atoms with van der Waals surface area (Å²) in [5, 5.41) is 8.48. The van der Waals surface area contributed by atoms with Crippen molar-refractivity contribution in [3.63, 3.8) is 0 Å². The summed E-state index contributed by atoms with van der Waals surface area (Å²) in [5.74, 6) is 0.575. The van der Waals surface area contributed by atoms with Crippen LogP contribution in [0.5, 0.6) is 0 Å². The highest BCUT2D eigenvalue weighted by atomic mass is 19.1. The summed E-state index contributed by atoms with van der Waals surface area (Å²) in [6.07, 6.45) is 2.90. The fraction of sp³-hybridized carbons (Fsp3) is 0.875. The Morgan fingerprint density at radius 1 is 1.45 bits per heavy atom. The monoisotopic (exact) mass is 158 g/mol. The molecule has 0 heterocycles. The largest absolute Gasteiger partial charge is 0.308 e. The Bertz CT molecular complexity index is 129. The Labute approximate surface area is 67.6 Å². The Hall–Kier alpha value is -0.780. The number of halogens is 1. The van der Waals surface area contributed by atoms with Crippen molar-refractivity contribution in [3.05, 3.63) is 0 Å². The average molecular weight is 158 g/mol. The van der Waals surface area contributed by atoms with Crippen molar-refractivity contribution < 1.29 is 4.39 Å². The van der Waals surface area contributed by atoms with Gasteiger partial charge in [-0.25, -0.2) is 4.39 Å². The third kappa shape index (κ3) is 5.65. The Balaban J connectivity index is 3.46. The van der Waals surface area contributed by atoms with E-state index in [0.717, 1.165) is 6.42 Å². The summed E-state index contributed by atoms with van der Waals surface area (Å²) in [4.78, 5) is 1.46. The minimum atomic E-state index is -0.439. The fourth-order valence-electron chi connectivity index (χ4n) is 0.728. The lowest BCUT2D eigenvalue weighted by atomic mass is 10.1. The first kappa shape index (κ1) is 10.2. The van der Waals surface area contributed by atoms with E-state index in [-0.39, 0.29) is 6.54 Å². The first-order valence-corrected chi connectivity index (χ1v) is 3.91. The second-order valence-corrected chi connectivity index (χ2v) is 2.96. The predicted octanol–water partition coefficient (Wildman–Crippen LogP) is 1.79. The molecule has 0 aliphatic carbocycles. The maximum atomic E-state index is 11.8. The number of alkyl halides is 1. The quantitative estimate of drug-likeness (QED) is 0.450. The molecule has 0 amide bonds. The van der Waals surface area contributed by atoms with E-state index in [1.54, 1.807) is 0 Å². The minimum absolute atomic E-state index is 0.239. The Morgan fingerprint density at radius 3 is 2.45 bits per heavy atom. The topological polar surface area (TPSA) is 27.0 Å². The molecule has 0 aliphatic heterocycles. The van der Waals surface area contributed by atoms with Gasteiger partial charge in [0.1, 0.15) is 6.67 Å². The van der Waals surface area contributed by atoms with Gasteiger partial charge in [0, 0.05) is 6.54 Å². The van der Waals surface area contributed by atoms with Gasteiger partial charge in [-0.3, -0.25) is 0 Å². The summed E-state index contributed by atoms with van der Waals surface area (Å²) in [6, 6.07) is 0. The van der Waals surface area contributed by atoms with Gasteiger partial charge in [-0.1, -0.05) is 13.8 Å². The molecule has 0 fully saturated rings. The van der Waals surface area contributed by atoms with Crippen LogP contribution >= 0.6 is 0 Å². The van der Waals surface area contributed by atoms with Crippen LogP contribution in [-0.4, -0.2) is 24.7 Å². The van der Waals surface area contributed by atoms with Crippen molar-refractivity contribution in [1.29, 1.82) is 5.26 Å². The fourth-order valence-corrected chi connectivity index (χ4v) is 0.728. The van der Waals surface area contributed by atoms with Gasteiger partial charge < -0.3 is 4.90 Å². The van der Waals surface area contributed by atoms with Gasteiger partial charge in [0.2, 0.25) is 0 Å². The van der Waals surface area contributed by atoms with Gasteiger partial charge in [0.15, 0.2) is 6.19 Å². The zero-order valence-electron chi connectivity index (χ0n) is 7.18. The van der Waals surface area contributed by atoms with E-state index in [1.807, 2.05) is 6.19 Å². The summed E-state index contributed by atoms with van der Waals surface area (Å²) in [5.41, 5.74) is 0. The third-order valence-corrected chi connectivity index (χ3v) is 1.47. The second-order valence-electron chi connectivity index (χ2n) is 2.96. The molecule has 2 nitrogen and oxygen atoms in total. The van der Waals surface area contributed by atoms with Gasteiger partial charge in [-0.05, 0) is 12.3 Å². The molecule has 0 aromatic carbocycles. The highest BCUT2D eigenvalue weighted by Gasteiger charge is 2.01. The van der Waals surface area contributed by atoms with Gasteiger partial charge in [0.05, 0.1) is 6.54 Å². The molecular formula is C8H15FN2.